The van der Waals surface area contributed by atoms with Gasteiger partial charge in [0.1, 0.15) is 11.3 Å². The highest BCUT2D eigenvalue weighted by molar-refractivity contribution is 6.34. The van der Waals surface area contributed by atoms with Crippen LogP contribution in [0.5, 0.6) is 0 Å². The van der Waals surface area contributed by atoms with E-state index in [9.17, 15) is 32.7 Å². The maximum atomic E-state index is 13.8. The Bertz CT molecular complexity index is 1430. The summed E-state index contributed by atoms with van der Waals surface area (Å²) in [7, 11) is 0. The summed E-state index contributed by atoms with van der Waals surface area (Å²) in [5, 5.41) is 13.2. The number of nitrogens with zero attached hydrogens (tertiary/aromatic N) is 3. The van der Waals surface area contributed by atoms with Gasteiger partial charge in [0.2, 0.25) is 0 Å². The molecule has 0 atom stereocenters. The Balaban J connectivity index is 1.93. The van der Waals surface area contributed by atoms with Gasteiger partial charge in [0.15, 0.2) is 0 Å². The zero-order valence-electron chi connectivity index (χ0n) is 20.6. The fourth-order valence-corrected chi connectivity index (χ4v) is 4.44. The van der Waals surface area contributed by atoms with E-state index < -0.39 is 45.9 Å². The molecule has 2 aromatic carbocycles. The number of rotatable bonds is 3. The summed E-state index contributed by atoms with van der Waals surface area (Å²) < 4.78 is 47.7. The van der Waals surface area contributed by atoms with Gasteiger partial charge in [0.05, 0.1) is 33.1 Å². The fraction of sp³-hybridized carbons (Fsp3) is 0.308. The van der Waals surface area contributed by atoms with E-state index in [0.717, 1.165) is 16.8 Å². The van der Waals surface area contributed by atoms with Crippen LogP contribution < -0.4 is 4.90 Å². The zero-order valence-corrected chi connectivity index (χ0v) is 21.4. The molecule has 1 amide bonds. The summed E-state index contributed by atoms with van der Waals surface area (Å²) >= 11 is 6.08. The largest absolute Gasteiger partial charge is 0.478 e. The normalized spacial score (nSPS) is 13.7. The average molecular weight is 550 g/mol. The van der Waals surface area contributed by atoms with E-state index in [1.165, 1.54) is 35.2 Å². The molecular formula is C26H23ClF3N3O5. The Morgan fingerprint density at radius 1 is 1.05 bits per heavy atom. The van der Waals surface area contributed by atoms with Gasteiger partial charge in [-0.25, -0.2) is 9.59 Å². The molecule has 200 valence electrons. The lowest BCUT2D eigenvalue weighted by Crippen LogP contribution is -2.40. The number of fused-ring (bicyclic) bond motifs is 1. The number of anilines is 1. The minimum atomic E-state index is -4.86. The van der Waals surface area contributed by atoms with Crippen LogP contribution >= 0.6 is 11.6 Å². The van der Waals surface area contributed by atoms with E-state index in [1.54, 1.807) is 20.8 Å². The van der Waals surface area contributed by atoms with Crippen molar-refractivity contribution < 1.29 is 37.4 Å². The maximum absolute atomic E-state index is 13.8. The minimum absolute atomic E-state index is 0.00647. The van der Waals surface area contributed by atoms with Gasteiger partial charge in [-0.05, 0) is 57.9 Å². The number of hydrogen-bond acceptors (Lipinski definition) is 5. The maximum Gasteiger partial charge on any atom is 0.417 e. The third-order valence-electron chi connectivity index (χ3n) is 5.76. The van der Waals surface area contributed by atoms with Gasteiger partial charge in [-0.3, -0.25) is 9.69 Å². The Kier molecular flexibility index (Phi) is 7.00. The van der Waals surface area contributed by atoms with E-state index >= 15 is 0 Å². The van der Waals surface area contributed by atoms with Gasteiger partial charge in [-0.1, -0.05) is 29.8 Å². The SMILES string of the molecule is CC(C)(C)OC(=O)N1CCCc2c1c(-c1ccc(C(=O)O)cc1)nn2C(=O)c1c(Cl)cccc1C(F)(F)F. The standard InChI is InChI=1S/C26H23ClF3N3O5/c1-25(2,3)38-24(37)32-13-5-8-18-21(32)20(14-9-11-15(12-10-14)23(35)36)31-33(18)22(34)19-16(26(28,29)30)6-4-7-17(19)27/h4,6-7,9-12H,5,8,13H2,1-3H3,(H,35,36). The van der Waals surface area contributed by atoms with Crippen molar-refractivity contribution in [2.24, 2.45) is 0 Å². The van der Waals surface area contributed by atoms with Gasteiger partial charge in [0, 0.05) is 12.1 Å². The third kappa shape index (κ3) is 5.24. The smallest absolute Gasteiger partial charge is 0.417 e. The lowest BCUT2D eigenvalue weighted by molar-refractivity contribution is -0.137. The third-order valence-corrected chi connectivity index (χ3v) is 6.08. The fourth-order valence-electron chi connectivity index (χ4n) is 4.19. The number of carboxylic acids is 1. The number of amides is 1. The van der Waals surface area contributed by atoms with E-state index in [1.807, 2.05) is 0 Å². The van der Waals surface area contributed by atoms with Crippen molar-refractivity contribution in [1.29, 1.82) is 0 Å². The first kappa shape index (κ1) is 27.2. The molecule has 38 heavy (non-hydrogen) atoms. The van der Waals surface area contributed by atoms with Crippen molar-refractivity contribution in [3.8, 4) is 11.3 Å². The van der Waals surface area contributed by atoms with Crippen LogP contribution in [0.2, 0.25) is 5.02 Å². The second-order valence-corrected chi connectivity index (χ2v) is 10.0. The van der Waals surface area contributed by atoms with Gasteiger partial charge in [-0.15, -0.1) is 0 Å². The molecule has 0 saturated heterocycles. The second kappa shape index (κ2) is 9.79. The number of halogens is 4. The summed E-state index contributed by atoms with van der Waals surface area (Å²) in [6.45, 7) is 5.26. The van der Waals surface area contributed by atoms with Crippen LogP contribution in [0, 0.1) is 0 Å². The number of ether oxygens (including phenoxy) is 1. The molecule has 0 unspecified atom stereocenters. The van der Waals surface area contributed by atoms with Gasteiger partial charge in [-0.2, -0.15) is 23.0 Å². The highest BCUT2D eigenvalue weighted by Gasteiger charge is 2.39. The van der Waals surface area contributed by atoms with Gasteiger partial charge < -0.3 is 9.84 Å². The lowest BCUT2D eigenvalue weighted by Gasteiger charge is -2.30. The van der Waals surface area contributed by atoms with E-state index in [0.29, 0.717) is 12.0 Å². The van der Waals surface area contributed by atoms with Crippen LogP contribution in [0.1, 0.15) is 59.2 Å². The summed E-state index contributed by atoms with van der Waals surface area (Å²) in [5.74, 6) is -2.27. The Morgan fingerprint density at radius 3 is 2.29 bits per heavy atom. The summed E-state index contributed by atoms with van der Waals surface area (Å²) in [4.78, 5) is 39.3. The Hall–Kier alpha value is -3.86. The first-order valence-corrected chi connectivity index (χ1v) is 11.9. The number of benzene rings is 2. The molecular weight excluding hydrogens is 527 g/mol. The summed E-state index contributed by atoms with van der Waals surface area (Å²) in [6.07, 6.45) is -4.97. The van der Waals surface area contributed by atoms with Crippen LogP contribution in [0.15, 0.2) is 42.5 Å². The van der Waals surface area contributed by atoms with Crippen LogP contribution in [0.25, 0.3) is 11.3 Å². The molecule has 0 radical (unpaired) electrons. The molecule has 0 aliphatic carbocycles. The number of aromatic nitrogens is 2. The average Bonchev–Trinajstić information content (AvgIpc) is 3.21. The van der Waals surface area contributed by atoms with Gasteiger partial charge >= 0.3 is 18.2 Å². The minimum Gasteiger partial charge on any atom is -0.478 e. The molecule has 1 aromatic heterocycles. The molecule has 1 aliphatic heterocycles. The zero-order chi connectivity index (χ0) is 28.0. The first-order valence-electron chi connectivity index (χ1n) is 11.6. The highest BCUT2D eigenvalue weighted by Crippen LogP contribution is 2.40. The van der Waals surface area contributed by atoms with Crippen LogP contribution in [-0.4, -0.2) is 45.0 Å². The van der Waals surface area contributed by atoms with Crippen molar-refractivity contribution in [2.75, 3.05) is 11.4 Å². The van der Waals surface area contributed by atoms with Crippen molar-refractivity contribution >= 4 is 35.3 Å². The second-order valence-electron chi connectivity index (χ2n) is 9.64. The molecule has 2 heterocycles. The molecule has 12 heteroatoms. The van der Waals surface area contributed by atoms with Crippen LogP contribution in [0.3, 0.4) is 0 Å². The number of alkyl halides is 3. The number of hydrogen-bond donors (Lipinski definition) is 1. The molecule has 0 fully saturated rings. The molecule has 8 nitrogen and oxygen atoms in total. The molecule has 4 rings (SSSR count). The number of carbonyl (C=O) groups is 3. The number of carbonyl (C=O) groups excluding carboxylic acids is 2. The molecule has 1 aliphatic rings. The van der Waals surface area contributed by atoms with E-state index in [2.05, 4.69) is 5.10 Å². The van der Waals surface area contributed by atoms with Crippen molar-refractivity contribution in [2.45, 2.75) is 45.4 Å². The lowest BCUT2D eigenvalue weighted by atomic mass is 10.0. The van der Waals surface area contributed by atoms with E-state index in [4.69, 9.17) is 16.3 Å². The predicted octanol–water partition coefficient (Wildman–Crippen LogP) is 6.30. The van der Waals surface area contributed by atoms with Crippen molar-refractivity contribution in [1.82, 2.24) is 9.78 Å². The predicted molar refractivity (Wildman–Crippen MR) is 133 cm³/mol. The van der Waals surface area contributed by atoms with Gasteiger partial charge in [0.25, 0.3) is 5.91 Å². The summed E-state index contributed by atoms with van der Waals surface area (Å²) in [5.41, 5.74) is -1.98. The molecule has 1 N–H and O–H groups in total. The molecule has 3 aromatic rings. The number of carboxylic acid groups (broad SMARTS) is 1. The summed E-state index contributed by atoms with van der Waals surface area (Å²) in [6, 6.07) is 8.56. The quantitative estimate of drug-likeness (QED) is 0.411. The van der Waals surface area contributed by atoms with Crippen molar-refractivity contribution in [3.05, 3.63) is 69.9 Å². The number of aromatic carboxylic acids is 1. The molecule has 0 saturated carbocycles. The Morgan fingerprint density at radius 2 is 1.71 bits per heavy atom. The molecule has 0 spiro atoms. The topological polar surface area (TPSA) is 102 Å². The van der Waals surface area contributed by atoms with E-state index in [-0.39, 0.29) is 35.6 Å². The van der Waals surface area contributed by atoms with Crippen LogP contribution in [-0.2, 0) is 17.3 Å². The van der Waals surface area contributed by atoms with Crippen LogP contribution in [0.4, 0.5) is 23.7 Å². The monoisotopic (exact) mass is 549 g/mol. The van der Waals surface area contributed by atoms with Crippen molar-refractivity contribution in [3.63, 3.8) is 0 Å². The Labute approximate surface area is 220 Å². The highest BCUT2D eigenvalue weighted by atomic mass is 35.5. The first-order chi connectivity index (χ1) is 17.7. The molecule has 0 bridgehead atoms.